The molecule has 2 nitrogen and oxygen atoms in total. The SMILES string of the molecule is CNCCC(C)Oc1ccc(C)c(C)c1. The van der Waals surface area contributed by atoms with Crippen molar-refractivity contribution in [1.82, 2.24) is 5.32 Å². The molecule has 1 aromatic rings. The predicted molar refractivity (Wildman–Crippen MR) is 64.5 cm³/mol. The quantitative estimate of drug-likeness (QED) is 0.801. The fourth-order valence-corrected chi connectivity index (χ4v) is 1.43. The van der Waals surface area contributed by atoms with Crippen molar-refractivity contribution in [2.24, 2.45) is 0 Å². The number of benzene rings is 1. The summed E-state index contributed by atoms with van der Waals surface area (Å²) in [4.78, 5) is 0. The first kappa shape index (κ1) is 12.1. The van der Waals surface area contributed by atoms with Gasteiger partial charge in [-0.15, -0.1) is 0 Å². The second kappa shape index (κ2) is 5.76. The molecular weight excluding hydrogens is 186 g/mol. The summed E-state index contributed by atoms with van der Waals surface area (Å²) in [6, 6.07) is 6.25. The molecule has 0 amide bonds. The molecule has 1 N–H and O–H groups in total. The number of hydrogen-bond donors (Lipinski definition) is 1. The number of aryl methyl sites for hydroxylation is 2. The van der Waals surface area contributed by atoms with Crippen molar-refractivity contribution in [2.75, 3.05) is 13.6 Å². The standard InChI is InChI=1S/C13H21NO/c1-10-5-6-13(9-11(10)2)15-12(3)7-8-14-4/h5-6,9,12,14H,7-8H2,1-4H3. The zero-order valence-corrected chi connectivity index (χ0v) is 10.1. The number of hydrogen-bond acceptors (Lipinski definition) is 2. The highest BCUT2D eigenvalue weighted by atomic mass is 16.5. The van der Waals surface area contributed by atoms with Crippen LogP contribution in [0.4, 0.5) is 0 Å². The number of ether oxygens (including phenoxy) is 1. The molecule has 1 atom stereocenters. The summed E-state index contributed by atoms with van der Waals surface area (Å²) < 4.78 is 5.81. The van der Waals surface area contributed by atoms with Gasteiger partial charge in [0.25, 0.3) is 0 Å². The van der Waals surface area contributed by atoms with Crippen LogP contribution in [0.25, 0.3) is 0 Å². The van der Waals surface area contributed by atoms with Gasteiger partial charge in [-0.1, -0.05) is 6.07 Å². The van der Waals surface area contributed by atoms with E-state index in [9.17, 15) is 0 Å². The summed E-state index contributed by atoms with van der Waals surface area (Å²) in [7, 11) is 1.96. The Hall–Kier alpha value is -1.02. The molecule has 0 aliphatic carbocycles. The molecule has 0 radical (unpaired) electrons. The number of nitrogens with one attached hydrogen (secondary N) is 1. The van der Waals surface area contributed by atoms with Gasteiger partial charge in [0, 0.05) is 0 Å². The van der Waals surface area contributed by atoms with E-state index in [0.29, 0.717) is 0 Å². The average Bonchev–Trinajstić information content (AvgIpc) is 2.20. The molecule has 0 fully saturated rings. The Morgan fingerprint density at radius 2 is 2.00 bits per heavy atom. The Morgan fingerprint density at radius 1 is 1.27 bits per heavy atom. The van der Waals surface area contributed by atoms with Crippen LogP contribution >= 0.6 is 0 Å². The molecule has 1 unspecified atom stereocenters. The van der Waals surface area contributed by atoms with E-state index in [-0.39, 0.29) is 6.10 Å². The lowest BCUT2D eigenvalue weighted by molar-refractivity contribution is 0.211. The highest BCUT2D eigenvalue weighted by Gasteiger charge is 2.03. The molecular formula is C13H21NO. The van der Waals surface area contributed by atoms with Gasteiger partial charge in [-0.25, -0.2) is 0 Å². The molecule has 0 aromatic heterocycles. The van der Waals surface area contributed by atoms with Crippen molar-refractivity contribution >= 4 is 0 Å². The normalized spacial score (nSPS) is 12.5. The maximum Gasteiger partial charge on any atom is 0.119 e. The summed E-state index contributed by atoms with van der Waals surface area (Å²) in [6.07, 6.45) is 1.29. The van der Waals surface area contributed by atoms with Gasteiger partial charge in [0.2, 0.25) is 0 Å². The third kappa shape index (κ3) is 3.92. The van der Waals surface area contributed by atoms with Crippen molar-refractivity contribution in [3.63, 3.8) is 0 Å². The van der Waals surface area contributed by atoms with Gasteiger partial charge >= 0.3 is 0 Å². The van der Waals surface area contributed by atoms with Gasteiger partial charge in [-0.3, -0.25) is 0 Å². The predicted octanol–water partition coefficient (Wildman–Crippen LogP) is 2.68. The fourth-order valence-electron chi connectivity index (χ4n) is 1.43. The van der Waals surface area contributed by atoms with Gasteiger partial charge in [0.05, 0.1) is 6.10 Å². The second-order valence-corrected chi connectivity index (χ2v) is 4.07. The zero-order valence-electron chi connectivity index (χ0n) is 10.1. The lowest BCUT2D eigenvalue weighted by Crippen LogP contribution is -2.19. The highest BCUT2D eigenvalue weighted by Crippen LogP contribution is 2.18. The van der Waals surface area contributed by atoms with E-state index < -0.39 is 0 Å². The average molecular weight is 207 g/mol. The van der Waals surface area contributed by atoms with Crippen LogP contribution in [0.5, 0.6) is 5.75 Å². The van der Waals surface area contributed by atoms with Crippen LogP contribution in [0.3, 0.4) is 0 Å². The van der Waals surface area contributed by atoms with Crippen LogP contribution in [0, 0.1) is 13.8 Å². The largest absolute Gasteiger partial charge is 0.491 e. The Bertz CT molecular complexity index is 309. The van der Waals surface area contributed by atoms with E-state index in [0.717, 1.165) is 18.7 Å². The molecule has 0 aliphatic heterocycles. The van der Waals surface area contributed by atoms with Gasteiger partial charge < -0.3 is 10.1 Å². The molecule has 84 valence electrons. The van der Waals surface area contributed by atoms with Gasteiger partial charge in [0.15, 0.2) is 0 Å². The lowest BCUT2D eigenvalue weighted by Gasteiger charge is -2.15. The molecule has 15 heavy (non-hydrogen) atoms. The van der Waals surface area contributed by atoms with E-state index in [1.54, 1.807) is 0 Å². The van der Waals surface area contributed by atoms with E-state index in [4.69, 9.17) is 4.74 Å². The van der Waals surface area contributed by atoms with E-state index >= 15 is 0 Å². The molecule has 0 heterocycles. The summed E-state index contributed by atoms with van der Waals surface area (Å²) in [5.41, 5.74) is 2.60. The first-order valence-electron chi connectivity index (χ1n) is 5.52. The van der Waals surface area contributed by atoms with Crippen molar-refractivity contribution in [2.45, 2.75) is 33.3 Å². The molecule has 0 aliphatic rings. The van der Waals surface area contributed by atoms with E-state index in [1.165, 1.54) is 11.1 Å². The van der Waals surface area contributed by atoms with Crippen LogP contribution in [0.2, 0.25) is 0 Å². The minimum Gasteiger partial charge on any atom is -0.491 e. The van der Waals surface area contributed by atoms with Crippen molar-refractivity contribution in [3.05, 3.63) is 29.3 Å². The summed E-state index contributed by atoms with van der Waals surface area (Å²) in [5.74, 6) is 0.974. The second-order valence-electron chi connectivity index (χ2n) is 4.07. The fraction of sp³-hybridized carbons (Fsp3) is 0.538. The third-order valence-corrected chi connectivity index (χ3v) is 2.62. The van der Waals surface area contributed by atoms with Crippen molar-refractivity contribution in [3.8, 4) is 5.75 Å². The van der Waals surface area contributed by atoms with Crippen LogP contribution in [-0.2, 0) is 0 Å². The van der Waals surface area contributed by atoms with Crippen LogP contribution < -0.4 is 10.1 Å². The maximum atomic E-state index is 5.81. The summed E-state index contributed by atoms with van der Waals surface area (Å²) in [5, 5.41) is 3.12. The first-order valence-corrected chi connectivity index (χ1v) is 5.52. The Balaban J connectivity index is 2.53. The maximum absolute atomic E-state index is 5.81. The van der Waals surface area contributed by atoms with Crippen LogP contribution in [0.1, 0.15) is 24.5 Å². The van der Waals surface area contributed by atoms with Gasteiger partial charge in [-0.2, -0.15) is 0 Å². The van der Waals surface area contributed by atoms with Crippen LogP contribution in [-0.4, -0.2) is 19.7 Å². The van der Waals surface area contributed by atoms with Crippen molar-refractivity contribution < 1.29 is 4.74 Å². The van der Waals surface area contributed by atoms with E-state index in [2.05, 4.69) is 38.2 Å². The Kier molecular flexibility index (Phi) is 4.63. The monoisotopic (exact) mass is 207 g/mol. The molecule has 0 saturated carbocycles. The molecule has 0 saturated heterocycles. The minimum atomic E-state index is 0.263. The summed E-state index contributed by atoms with van der Waals surface area (Å²) >= 11 is 0. The topological polar surface area (TPSA) is 21.3 Å². The minimum absolute atomic E-state index is 0.263. The van der Waals surface area contributed by atoms with E-state index in [1.807, 2.05) is 13.1 Å². The van der Waals surface area contributed by atoms with Gasteiger partial charge in [-0.05, 0) is 64.0 Å². The van der Waals surface area contributed by atoms with Crippen LogP contribution in [0.15, 0.2) is 18.2 Å². The molecule has 1 aromatic carbocycles. The highest BCUT2D eigenvalue weighted by molar-refractivity contribution is 5.33. The molecule has 1 rings (SSSR count). The van der Waals surface area contributed by atoms with Gasteiger partial charge in [0.1, 0.15) is 5.75 Å². The molecule has 0 bridgehead atoms. The summed E-state index contributed by atoms with van der Waals surface area (Å²) in [6.45, 7) is 7.32. The molecule has 2 heteroatoms. The first-order chi connectivity index (χ1) is 7.13. The van der Waals surface area contributed by atoms with Crippen molar-refractivity contribution in [1.29, 1.82) is 0 Å². The lowest BCUT2D eigenvalue weighted by atomic mass is 10.1. The Labute approximate surface area is 92.6 Å². The Morgan fingerprint density at radius 3 is 2.60 bits per heavy atom. The zero-order chi connectivity index (χ0) is 11.3. The third-order valence-electron chi connectivity index (χ3n) is 2.62. The number of rotatable bonds is 5. The molecule has 0 spiro atoms. The smallest absolute Gasteiger partial charge is 0.119 e.